The SMILES string of the molecule is CC(C)C(C)(C)OOOC(=O)CCCCCCCCC(C)(C)C. The van der Waals surface area contributed by atoms with Gasteiger partial charge in [0.15, 0.2) is 0 Å². The van der Waals surface area contributed by atoms with E-state index in [2.05, 4.69) is 30.7 Å². The molecule has 4 nitrogen and oxygen atoms in total. The molecule has 0 radical (unpaired) electrons. The van der Waals surface area contributed by atoms with E-state index in [1.807, 2.05) is 27.7 Å². The van der Waals surface area contributed by atoms with Gasteiger partial charge in [-0.25, -0.2) is 4.79 Å². The first-order valence-corrected chi connectivity index (χ1v) is 9.10. The molecule has 0 unspecified atom stereocenters. The lowest BCUT2D eigenvalue weighted by Gasteiger charge is -2.25. The zero-order chi connectivity index (χ0) is 17.9. The van der Waals surface area contributed by atoms with E-state index in [0.717, 1.165) is 12.8 Å². The van der Waals surface area contributed by atoms with E-state index in [0.29, 0.717) is 11.8 Å². The monoisotopic (exact) mass is 330 g/mol. The Morgan fingerprint density at radius 3 is 1.91 bits per heavy atom. The van der Waals surface area contributed by atoms with Gasteiger partial charge in [0.2, 0.25) is 0 Å². The van der Waals surface area contributed by atoms with Crippen molar-refractivity contribution in [2.24, 2.45) is 11.3 Å². The van der Waals surface area contributed by atoms with Crippen molar-refractivity contribution in [3.05, 3.63) is 0 Å². The summed E-state index contributed by atoms with van der Waals surface area (Å²) >= 11 is 0. The first-order valence-electron chi connectivity index (χ1n) is 9.10. The zero-order valence-corrected chi connectivity index (χ0v) is 16.4. The van der Waals surface area contributed by atoms with Crippen LogP contribution in [0.25, 0.3) is 0 Å². The van der Waals surface area contributed by atoms with Gasteiger partial charge in [-0.2, -0.15) is 4.89 Å². The molecule has 0 aliphatic rings. The van der Waals surface area contributed by atoms with Crippen LogP contribution < -0.4 is 0 Å². The normalized spacial score (nSPS) is 12.7. The van der Waals surface area contributed by atoms with Crippen molar-refractivity contribution in [2.45, 2.75) is 105 Å². The molecule has 4 heteroatoms. The quantitative estimate of drug-likeness (QED) is 0.250. The summed E-state index contributed by atoms with van der Waals surface area (Å²) in [6.45, 7) is 14.7. The molecule has 138 valence electrons. The number of unbranched alkanes of at least 4 members (excludes halogenated alkanes) is 5. The van der Waals surface area contributed by atoms with Crippen LogP contribution >= 0.6 is 0 Å². The van der Waals surface area contributed by atoms with Gasteiger partial charge in [-0.05, 0) is 43.1 Å². The van der Waals surface area contributed by atoms with Crippen molar-refractivity contribution in [3.8, 4) is 0 Å². The van der Waals surface area contributed by atoms with E-state index in [4.69, 9.17) is 4.89 Å². The molecule has 0 N–H and O–H groups in total. The minimum absolute atomic E-state index is 0.263. The standard InChI is InChI=1S/C19H38O4/c1-16(2)19(6,7)22-23-21-17(20)14-12-10-8-9-11-13-15-18(3,4)5/h16H,8-15H2,1-7H3. The molecule has 0 aromatic rings. The molecule has 0 saturated heterocycles. The lowest BCUT2D eigenvalue weighted by Crippen LogP contribution is -2.31. The van der Waals surface area contributed by atoms with Crippen molar-refractivity contribution in [3.63, 3.8) is 0 Å². The van der Waals surface area contributed by atoms with Gasteiger partial charge in [0, 0.05) is 6.42 Å². The van der Waals surface area contributed by atoms with Gasteiger partial charge in [-0.15, -0.1) is 0 Å². The van der Waals surface area contributed by atoms with Crippen LogP contribution in [0.4, 0.5) is 0 Å². The highest BCUT2D eigenvalue weighted by atomic mass is 17.5. The van der Waals surface area contributed by atoms with Gasteiger partial charge in [0.1, 0.15) is 5.60 Å². The van der Waals surface area contributed by atoms with Crippen molar-refractivity contribution in [1.29, 1.82) is 0 Å². The molecule has 0 bridgehead atoms. The number of rotatable bonds is 12. The first kappa shape index (κ1) is 22.4. The predicted molar refractivity (Wildman–Crippen MR) is 93.6 cm³/mol. The lowest BCUT2D eigenvalue weighted by molar-refractivity contribution is -0.520. The molecule has 0 fully saturated rings. The summed E-state index contributed by atoms with van der Waals surface area (Å²) in [5, 5.41) is 4.61. The maximum absolute atomic E-state index is 11.5. The number of carbonyl (C=O) groups excluding carboxylic acids is 1. The van der Waals surface area contributed by atoms with E-state index in [1.54, 1.807) is 0 Å². The maximum atomic E-state index is 11.5. The maximum Gasteiger partial charge on any atom is 0.345 e. The Morgan fingerprint density at radius 2 is 1.39 bits per heavy atom. The third-order valence-corrected chi connectivity index (χ3v) is 4.32. The molecule has 0 amide bonds. The van der Waals surface area contributed by atoms with Crippen molar-refractivity contribution < 1.29 is 19.6 Å². The van der Waals surface area contributed by atoms with Crippen molar-refractivity contribution >= 4 is 5.97 Å². The molecule has 23 heavy (non-hydrogen) atoms. The molecule has 0 rings (SSSR count). The van der Waals surface area contributed by atoms with Gasteiger partial charge in [-0.1, -0.05) is 66.7 Å². The summed E-state index contributed by atoms with van der Waals surface area (Å²) in [5.74, 6) is -0.100. The van der Waals surface area contributed by atoms with Crippen LogP contribution in [-0.2, 0) is 19.6 Å². The minimum Gasteiger partial charge on any atom is -0.269 e. The minimum atomic E-state index is -0.479. The summed E-state index contributed by atoms with van der Waals surface area (Å²) < 4.78 is 0. The second-order valence-electron chi connectivity index (χ2n) is 8.55. The van der Waals surface area contributed by atoms with Gasteiger partial charge in [0.25, 0.3) is 0 Å². The van der Waals surface area contributed by atoms with Crippen molar-refractivity contribution in [1.82, 2.24) is 0 Å². The van der Waals surface area contributed by atoms with Gasteiger partial charge >= 0.3 is 5.97 Å². The smallest absolute Gasteiger partial charge is 0.269 e. The molecular formula is C19H38O4. The molecule has 0 atom stereocenters. The number of carbonyl (C=O) groups is 1. The number of hydrogen-bond acceptors (Lipinski definition) is 4. The Kier molecular flexibility index (Phi) is 10.7. The molecule has 0 saturated carbocycles. The van der Waals surface area contributed by atoms with Crippen LogP contribution in [0, 0.1) is 11.3 Å². The van der Waals surface area contributed by atoms with Crippen LogP contribution in [0.1, 0.15) is 99.8 Å². The Morgan fingerprint density at radius 1 is 0.870 bits per heavy atom. The number of hydrogen-bond donors (Lipinski definition) is 0. The fourth-order valence-electron chi connectivity index (χ4n) is 1.91. The van der Waals surface area contributed by atoms with E-state index in [-0.39, 0.29) is 11.9 Å². The highest BCUT2D eigenvalue weighted by molar-refractivity contribution is 5.68. The van der Waals surface area contributed by atoms with Crippen LogP contribution in [0.3, 0.4) is 0 Å². The van der Waals surface area contributed by atoms with E-state index in [1.165, 1.54) is 32.1 Å². The summed E-state index contributed by atoms with van der Waals surface area (Å²) in [6, 6.07) is 0. The average Bonchev–Trinajstić information content (AvgIpc) is 2.40. The Hall–Kier alpha value is -0.610. The van der Waals surface area contributed by atoms with Gasteiger partial charge < -0.3 is 0 Å². The summed E-state index contributed by atoms with van der Waals surface area (Å²) in [4.78, 5) is 21.3. The van der Waals surface area contributed by atoms with Crippen LogP contribution in [-0.4, -0.2) is 11.6 Å². The fourth-order valence-corrected chi connectivity index (χ4v) is 1.91. The summed E-state index contributed by atoms with van der Waals surface area (Å²) in [5.41, 5.74) is -0.0384. The van der Waals surface area contributed by atoms with E-state index >= 15 is 0 Å². The zero-order valence-electron chi connectivity index (χ0n) is 16.4. The largest absolute Gasteiger partial charge is 0.345 e. The van der Waals surface area contributed by atoms with Gasteiger partial charge in [-0.3, -0.25) is 4.89 Å². The highest BCUT2D eigenvalue weighted by Crippen LogP contribution is 2.23. The highest BCUT2D eigenvalue weighted by Gasteiger charge is 2.25. The Labute approximate surface area is 143 Å². The fraction of sp³-hybridized carbons (Fsp3) is 0.947. The Balaban J connectivity index is 3.48. The molecule has 0 aliphatic heterocycles. The third kappa shape index (κ3) is 13.5. The predicted octanol–water partition coefficient (Wildman–Crippen LogP) is 5.99. The molecule has 0 aromatic carbocycles. The van der Waals surface area contributed by atoms with Crippen LogP contribution in [0.15, 0.2) is 0 Å². The second-order valence-corrected chi connectivity index (χ2v) is 8.55. The molecular weight excluding hydrogens is 292 g/mol. The summed E-state index contributed by atoms with van der Waals surface area (Å²) in [7, 11) is 0. The Bertz CT molecular complexity index is 316. The van der Waals surface area contributed by atoms with E-state index in [9.17, 15) is 4.79 Å². The third-order valence-electron chi connectivity index (χ3n) is 4.32. The van der Waals surface area contributed by atoms with Crippen LogP contribution in [0.2, 0.25) is 0 Å². The summed E-state index contributed by atoms with van der Waals surface area (Å²) in [6.07, 6.45) is 8.56. The molecule has 0 spiro atoms. The first-order chi connectivity index (χ1) is 10.5. The van der Waals surface area contributed by atoms with Crippen LogP contribution in [0.5, 0.6) is 0 Å². The van der Waals surface area contributed by atoms with E-state index < -0.39 is 5.60 Å². The average molecular weight is 331 g/mol. The second kappa shape index (κ2) is 11.0. The lowest BCUT2D eigenvalue weighted by atomic mass is 9.89. The van der Waals surface area contributed by atoms with Gasteiger partial charge in [0.05, 0.1) is 0 Å². The molecule has 0 aromatic heterocycles. The molecule has 0 heterocycles. The molecule has 0 aliphatic carbocycles. The van der Waals surface area contributed by atoms with Crippen molar-refractivity contribution in [2.75, 3.05) is 0 Å². The topological polar surface area (TPSA) is 44.8 Å².